The number of hydrogen-bond acceptors (Lipinski definition) is 3. The zero-order valence-electron chi connectivity index (χ0n) is 9.21. The predicted octanol–water partition coefficient (Wildman–Crippen LogP) is 2.09. The molecule has 0 radical (unpaired) electrons. The van der Waals surface area contributed by atoms with Crippen molar-refractivity contribution in [3.63, 3.8) is 0 Å². The highest BCUT2D eigenvalue weighted by Gasteiger charge is 2.27. The minimum atomic E-state index is -0.382. The first-order valence-electron chi connectivity index (χ1n) is 5.12. The number of nitrogens with two attached hydrogens (primary N) is 1. The number of rotatable bonds is 1. The maximum absolute atomic E-state index is 13.6. The number of pyridine rings is 1. The van der Waals surface area contributed by atoms with Gasteiger partial charge >= 0.3 is 0 Å². The second-order valence-corrected chi connectivity index (χ2v) is 4.19. The van der Waals surface area contributed by atoms with Gasteiger partial charge in [-0.2, -0.15) is 5.26 Å². The molecular weight excluding hydrogens is 205 g/mol. The normalized spacial score (nSPS) is 14.2. The average Bonchev–Trinajstić information content (AvgIpc) is 2.55. The number of fused-ring (bicyclic) bond motifs is 1. The molecule has 1 aliphatic rings. The van der Waals surface area contributed by atoms with Gasteiger partial charge in [-0.05, 0) is 5.92 Å². The average molecular weight is 217 g/mol. The highest BCUT2D eigenvalue weighted by Crippen LogP contribution is 2.35. The van der Waals surface area contributed by atoms with Crippen LogP contribution < -0.4 is 5.73 Å². The number of halogens is 1. The van der Waals surface area contributed by atoms with E-state index in [0.29, 0.717) is 28.8 Å². The molecule has 0 atom stereocenters. The Balaban J connectivity index is 2.74. The van der Waals surface area contributed by atoms with Crippen LogP contribution in [0, 0.1) is 17.1 Å². The Morgan fingerprint density at radius 2 is 2.25 bits per heavy atom. The van der Waals surface area contributed by atoms with Crippen LogP contribution in [-0.4, -0.2) is 4.98 Å². The van der Waals surface area contributed by atoms with Crippen molar-refractivity contribution in [3.05, 3.63) is 34.5 Å². The summed E-state index contributed by atoms with van der Waals surface area (Å²) in [7, 11) is 0. The molecule has 0 aromatic carbocycles. The minimum Gasteiger partial charge on any atom is -0.401 e. The van der Waals surface area contributed by atoms with E-state index in [1.54, 1.807) is 0 Å². The van der Waals surface area contributed by atoms with Gasteiger partial charge in [0.15, 0.2) is 0 Å². The summed E-state index contributed by atoms with van der Waals surface area (Å²) in [4.78, 5) is 4.07. The largest absolute Gasteiger partial charge is 0.401 e. The van der Waals surface area contributed by atoms with Crippen LogP contribution in [0.1, 0.15) is 36.6 Å². The number of nitrogens with zero attached hydrogens (tertiary/aromatic N) is 2. The molecule has 1 aliphatic carbocycles. The lowest BCUT2D eigenvalue weighted by atomic mass is 9.97. The molecule has 0 fully saturated rings. The first-order chi connectivity index (χ1) is 7.56. The highest BCUT2D eigenvalue weighted by molar-refractivity contribution is 5.86. The van der Waals surface area contributed by atoms with E-state index in [1.807, 2.05) is 19.9 Å². The zero-order chi connectivity index (χ0) is 11.9. The molecule has 2 rings (SSSR count). The van der Waals surface area contributed by atoms with Gasteiger partial charge in [-0.3, -0.25) is 4.98 Å². The molecule has 1 heterocycles. The van der Waals surface area contributed by atoms with E-state index in [2.05, 4.69) is 4.98 Å². The molecule has 0 spiro atoms. The van der Waals surface area contributed by atoms with Gasteiger partial charge in [0.25, 0.3) is 0 Å². The summed E-state index contributed by atoms with van der Waals surface area (Å²) < 4.78 is 13.6. The van der Waals surface area contributed by atoms with Gasteiger partial charge in [-0.25, -0.2) is 4.39 Å². The Hall–Kier alpha value is -1.89. The summed E-state index contributed by atoms with van der Waals surface area (Å²) in [6, 6.07) is 2.04. The molecule has 0 unspecified atom stereocenters. The van der Waals surface area contributed by atoms with Crippen LogP contribution in [-0.2, 0) is 6.42 Å². The lowest BCUT2D eigenvalue weighted by Gasteiger charge is -2.11. The smallest absolute Gasteiger partial charge is 0.145 e. The Morgan fingerprint density at radius 3 is 2.81 bits per heavy atom. The third-order valence-electron chi connectivity index (χ3n) is 2.76. The molecule has 0 bridgehead atoms. The van der Waals surface area contributed by atoms with Gasteiger partial charge in [0.1, 0.15) is 11.9 Å². The van der Waals surface area contributed by atoms with Gasteiger partial charge in [0.05, 0.1) is 17.5 Å². The lowest BCUT2D eigenvalue weighted by Crippen LogP contribution is -2.02. The summed E-state index contributed by atoms with van der Waals surface area (Å²) >= 11 is 0. The first-order valence-corrected chi connectivity index (χ1v) is 5.12. The van der Waals surface area contributed by atoms with Crippen molar-refractivity contribution in [1.29, 1.82) is 5.26 Å². The van der Waals surface area contributed by atoms with Crippen LogP contribution in [0.5, 0.6) is 0 Å². The van der Waals surface area contributed by atoms with Crippen molar-refractivity contribution in [2.45, 2.75) is 26.2 Å². The molecule has 2 N–H and O–H groups in total. The summed E-state index contributed by atoms with van der Waals surface area (Å²) in [5.74, 6) is -0.240. The van der Waals surface area contributed by atoms with Gasteiger partial charge in [0.2, 0.25) is 0 Å². The summed E-state index contributed by atoms with van der Waals surface area (Å²) in [5.41, 5.74) is 8.41. The third kappa shape index (κ3) is 1.36. The van der Waals surface area contributed by atoms with Crippen molar-refractivity contribution in [2.24, 2.45) is 5.73 Å². The first kappa shape index (κ1) is 10.6. The monoisotopic (exact) mass is 217 g/mol. The number of nitriles is 1. The van der Waals surface area contributed by atoms with E-state index in [0.717, 1.165) is 5.69 Å². The van der Waals surface area contributed by atoms with Crippen molar-refractivity contribution >= 4 is 5.57 Å². The van der Waals surface area contributed by atoms with E-state index in [1.165, 1.54) is 6.20 Å². The molecule has 0 saturated carbocycles. The van der Waals surface area contributed by atoms with Gasteiger partial charge < -0.3 is 5.73 Å². The molecule has 0 amide bonds. The summed E-state index contributed by atoms with van der Waals surface area (Å²) in [5, 5.41) is 9.04. The summed E-state index contributed by atoms with van der Waals surface area (Å²) in [6.07, 6.45) is 1.52. The number of hydrogen-bond donors (Lipinski definition) is 1. The Morgan fingerprint density at radius 1 is 1.56 bits per heavy atom. The minimum absolute atomic E-state index is 0.142. The van der Waals surface area contributed by atoms with Gasteiger partial charge in [-0.1, -0.05) is 13.8 Å². The maximum atomic E-state index is 13.6. The van der Waals surface area contributed by atoms with E-state index >= 15 is 0 Å². The number of aromatic nitrogens is 1. The van der Waals surface area contributed by atoms with E-state index in [9.17, 15) is 4.39 Å². The quantitative estimate of drug-likeness (QED) is 0.783. The van der Waals surface area contributed by atoms with E-state index in [4.69, 9.17) is 11.0 Å². The predicted molar refractivity (Wildman–Crippen MR) is 58.7 cm³/mol. The zero-order valence-corrected chi connectivity index (χ0v) is 9.21. The van der Waals surface area contributed by atoms with E-state index in [-0.39, 0.29) is 11.7 Å². The fraction of sp³-hybridized carbons (Fsp3) is 0.333. The number of allylic oxidation sites excluding steroid dienone is 2. The molecule has 4 heteroatoms. The highest BCUT2D eigenvalue weighted by atomic mass is 19.1. The second-order valence-electron chi connectivity index (χ2n) is 4.19. The van der Waals surface area contributed by atoms with Crippen molar-refractivity contribution in [2.75, 3.05) is 0 Å². The molecule has 1 aromatic heterocycles. The van der Waals surface area contributed by atoms with Crippen LogP contribution in [0.25, 0.3) is 5.57 Å². The fourth-order valence-corrected chi connectivity index (χ4v) is 2.00. The third-order valence-corrected chi connectivity index (χ3v) is 2.76. The van der Waals surface area contributed by atoms with Crippen LogP contribution in [0.15, 0.2) is 11.9 Å². The van der Waals surface area contributed by atoms with Gasteiger partial charge in [-0.15, -0.1) is 0 Å². The molecule has 0 saturated heterocycles. The summed E-state index contributed by atoms with van der Waals surface area (Å²) in [6.45, 7) is 3.92. The van der Waals surface area contributed by atoms with E-state index < -0.39 is 0 Å². The Bertz CT molecular complexity index is 524. The standard InChI is InChI=1S/C12H12FN3/c1-6(2)12-11-7(9(13)5-16-12)3-10(15)8(11)4-14/h5-6H,3,15H2,1-2H3. The SMILES string of the molecule is CC(C)c1ncc(F)c2c1C(C#N)=C(N)C2. The van der Waals surface area contributed by atoms with Gasteiger partial charge in [0, 0.05) is 23.2 Å². The van der Waals surface area contributed by atoms with Crippen LogP contribution in [0.2, 0.25) is 0 Å². The van der Waals surface area contributed by atoms with Crippen LogP contribution in [0.4, 0.5) is 4.39 Å². The van der Waals surface area contributed by atoms with Crippen molar-refractivity contribution < 1.29 is 4.39 Å². The van der Waals surface area contributed by atoms with Crippen LogP contribution in [0.3, 0.4) is 0 Å². The Kier molecular flexibility index (Phi) is 2.39. The second kappa shape index (κ2) is 3.60. The maximum Gasteiger partial charge on any atom is 0.145 e. The lowest BCUT2D eigenvalue weighted by molar-refractivity contribution is 0.603. The topological polar surface area (TPSA) is 62.7 Å². The Labute approximate surface area is 93.4 Å². The fourth-order valence-electron chi connectivity index (χ4n) is 2.00. The van der Waals surface area contributed by atoms with Crippen molar-refractivity contribution in [3.8, 4) is 6.07 Å². The van der Waals surface area contributed by atoms with Crippen molar-refractivity contribution in [1.82, 2.24) is 4.98 Å². The molecule has 3 nitrogen and oxygen atoms in total. The molecule has 82 valence electrons. The molecule has 16 heavy (non-hydrogen) atoms. The molecular formula is C12H12FN3. The molecule has 1 aromatic rings. The van der Waals surface area contributed by atoms with Crippen LogP contribution >= 0.6 is 0 Å². The molecule has 0 aliphatic heterocycles.